The molecule has 1 N–H and O–H groups in total. The minimum atomic E-state index is -4.92. The largest absolute Gasteiger partial charge is 0.726 e. The topological polar surface area (TPSA) is 104 Å². The fraction of sp³-hybridized carbons (Fsp3) is 0.667. The number of hydrogen-bond donors (Lipinski definition) is 1. The average molecular weight is 269 g/mol. The van der Waals surface area contributed by atoms with Crippen molar-refractivity contribution in [2.75, 3.05) is 34.3 Å². The van der Waals surface area contributed by atoms with Crippen LogP contribution in [0.5, 0.6) is 0 Å². The Bertz CT molecular complexity index is 346. The van der Waals surface area contributed by atoms with Crippen LogP contribution in [0.3, 0.4) is 0 Å². The van der Waals surface area contributed by atoms with Crippen molar-refractivity contribution in [1.82, 2.24) is 0 Å². The first-order chi connectivity index (χ1) is 7.33. The van der Waals surface area contributed by atoms with Crippen LogP contribution in [-0.4, -0.2) is 62.3 Å². The van der Waals surface area contributed by atoms with Gasteiger partial charge in [0.05, 0.1) is 21.1 Å². The number of carbonyl (C=O) groups excluding carboxylic acids is 1. The molecule has 0 fully saturated rings. The van der Waals surface area contributed by atoms with Crippen LogP contribution in [0.2, 0.25) is 0 Å². The van der Waals surface area contributed by atoms with Gasteiger partial charge in [0.1, 0.15) is 13.2 Å². The van der Waals surface area contributed by atoms with Gasteiger partial charge in [-0.2, -0.15) is 0 Å². The Labute approximate surface area is 102 Å². The van der Waals surface area contributed by atoms with Crippen molar-refractivity contribution in [3.8, 4) is 0 Å². The second-order valence-electron chi connectivity index (χ2n) is 4.36. The highest BCUT2D eigenvalue weighted by molar-refractivity contribution is 7.79. The summed E-state index contributed by atoms with van der Waals surface area (Å²) >= 11 is 0. The molecule has 0 atom stereocenters. The van der Waals surface area contributed by atoms with E-state index in [4.69, 9.17) is 22.3 Å². The molecule has 0 heterocycles. The molecule has 0 aliphatic rings. The van der Waals surface area contributed by atoms with Gasteiger partial charge in [-0.25, -0.2) is 13.2 Å². The van der Waals surface area contributed by atoms with Gasteiger partial charge in [0.15, 0.2) is 0 Å². The van der Waals surface area contributed by atoms with Crippen molar-refractivity contribution < 1.29 is 31.5 Å². The van der Waals surface area contributed by atoms with E-state index in [1.807, 2.05) is 0 Å². The molecule has 0 aliphatic heterocycles. The van der Waals surface area contributed by atoms with Crippen LogP contribution in [0.15, 0.2) is 12.2 Å². The van der Waals surface area contributed by atoms with E-state index in [2.05, 4.69) is 27.7 Å². The summed E-state index contributed by atoms with van der Waals surface area (Å²) in [6, 6.07) is 0. The molecule has 0 spiro atoms. The van der Waals surface area contributed by atoms with Crippen LogP contribution in [0.1, 0.15) is 6.92 Å². The van der Waals surface area contributed by atoms with Crippen molar-refractivity contribution >= 4 is 16.4 Å². The van der Waals surface area contributed by atoms with Crippen molar-refractivity contribution in [3.05, 3.63) is 12.2 Å². The fourth-order valence-electron chi connectivity index (χ4n) is 0.535. The number of carbonyl (C=O) groups is 1. The highest BCUT2D eigenvalue weighted by atomic mass is 32.3. The standard InChI is InChI=1S/C9H18NO2.H2O4S/c1-8(2)9(11)12-7-6-10(3,4)5;1-5(2,3)4/h1,6-7H2,2-5H3;(H2,1,2,3,4)/q+1;/p-1. The molecule has 8 heteroatoms. The minimum absolute atomic E-state index is 0.302. The van der Waals surface area contributed by atoms with Crippen LogP contribution in [0.25, 0.3) is 0 Å². The molecular formula is C9H19NO6S. The zero-order valence-electron chi connectivity index (χ0n) is 10.5. The lowest BCUT2D eigenvalue weighted by Crippen LogP contribution is -2.38. The van der Waals surface area contributed by atoms with Crippen molar-refractivity contribution in [2.24, 2.45) is 0 Å². The third kappa shape index (κ3) is 25.4. The van der Waals surface area contributed by atoms with Gasteiger partial charge in [0, 0.05) is 5.57 Å². The number of nitrogens with zero attached hydrogens (tertiary/aromatic N) is 1. The molecule has 0 aliphatic carbocycles. The van der Waals surface area contributed by atoms with E-state index in [-0.39, 0.29) is 5.97 Å². The third-order valence-electron chi connectivity index (χ3n) is 1.34. The summed E-state index contributed by atoms with van der Waals surface area (Å²) in [7, 11) is 1.23. The normalized spacial score (nSPS) is 11.2. The van der Waals surface area contributed by atoms with Crippen molar-refractivity contribution in [2.45, 2.75) is 6.92 Å². The second-order valence-corrected chi connectivity index (χ2v) is 5.21. The van der Waals surface area contributed by atoms with Gasteiger partial charge in [-0.05, 0) is 6.92 Å². The van der Waals surface area contributed by atoms with Crippen LogP contribution in [0.4, 0.5) is 0 Å². The number of likely N-dealkylation sites (N-methyl/N-ethyl adjacent to an activating group) is 1. The Morgan fingerprint density at radius 1 is 1.41 bits per heavy atom. The minimum Gasteiger partial charge on any atom is -0.726 e. The van der Waals surface area contributed by atoms with E-state index in [1.54, 1.807) is 6.92 Å². The summed E-state index contributed by atoms with van der Waals surface area (Å²) in [6.45, 7) is 6.41. The first-order valence-electron chi connectivity index (χ1n) is 4.64. The van der Waals surface area contributed by atoms with Gasteiger partial charge in [-0.15, -0.1) is 0 Å². The molecule has 0 aromatic heterocycles. The van der Waals surface area contributed by atoms with E-state index >= 15 is 0 Å². The Kier molecular flexibility index (Phi) is 7.99. The second kappa shape index (κ2) is 7.38. The molecule has 0 amide bonds. The Hall–Kier alpha value is -0.960. The lowest BCUT2D eigenvalue weighted by Gasteiger charge is -2.23. The highest BCUT2D eigenvalue weighted by Gasteiger charge is 2.09. The maximum Gasteiger partial charge on any atom is 0.333 e. The summed E-state index contributed by atoms with van der Waals surface area (Å²) in [6.07, 6.45) is 0. The molecule has 0 unspecified atom stereocenters. The smallest absolute Gasteiger partial charge is 0.333 e. The first-order valence-corrected chi connectivity index (χ1v) is 6.01. The summed E-state index contributed by atoms with van der Waals surface area (Å²) < 4.78 is 38.6. The first kappa shape index (κ1) is 18.4. The zero-order chi connectivity index (χ0) is 14.3. The maximum absolute atomic E-state index is 10.9. The quantitative estimate of drug-likeness (QED) is 0.249. The van der Waals surface area contributed by atoms with Gasteiger partial charge in [-0.1, -0.05) is 6.58 Å². The Morgan fingerprint density at radius 2 is 1.76 bits per heavy atom. The summed E-state index contributed by atoms with van der Waals surface area (Å²) in [5.74, 6) is -0.302. The summed E-state index contributed by atoms with van der Waals surface area (Å²) in [4.78, 5) is 10.9. The van der Waals surface area contributed by atoms with Crippen LogP contribution in [0, 0.1) is 0 Å². The molecular weight excluding hydrogens is 250 g/mol. The molecule has 0 saturated heterocycles. The van der Waals surface area contributed by atoms with E-state index in [0.29, 0.717) is 12.2 Å². The van der Waals surface area contributed by atoms with Gasteiger partial charge < -0.3 is 13.8 Å². The number of hydrogen-bond acceptors (Lipinski definition) is 5. The molecule has 0 radical (unpaired) electrons. The van der Waals surface area contributed by atoms with Crippen molar-refractivity contribution in [3.63, 3.8) is 0 Å². The van der Waals surface area contributed by atoms with E-state index in [9.17, 15) is 4.79 Å². The molecule has 0 aromatic rings. The SMILES string of the molecule is C=C(C)C(=O)OCC[N+](C)(C)C.O=S(=O)([O-])O. The molecule has 7 nitrogen and oxygen atoms in total. The summed E-state index contributed by atoms with van der Waals surface area (Å²) in [5, 5.41) is 0. The molecule has 0 rings (SSSR count). The van der Waals surface area contributed by atoms with Crippen molar-refractivity contribution in [1.29, 1.82) is 0 Å². The van der Waals surface area contributed by atoms with Crippen LogP contribution < -0.4 is 0 Å². The van der Waals surface area contributed by atoms with Crippen LogP contribution >= 0.6 is 0 Å². The highest BCUT2D eigenvalue weighted by Crippen LogP contribution is 1.94. The third-order valence-corrected chi connectivity index (χ3v) is 1.34. The van der Waals surface area contributed by atoms with Gasteiger partial charge >= 0.3 is 5.97 Å². The van der Waals surface area contributed by atoms with Gasteiger partial charge in [-0.3, -0.25) is 4.55 Å². The van der Waals surface area contributed by atoms with E-state index < -0.39 is 10.4 Å². The Balaban J connectivity index is 0. The molecule has 102 valence electrons. The van der Waals surface area contributed by atoms with Crippen LogP contribution in [-0.2, 0) is 19.9 Å². The maximum atomic E-state index is 10.9. The van der Waals surface area contributed by atoms with Gasteiger partial charge in [0.2, 0.25) is 10.4 Å². The lowest BCUT2D eigenvalue weighted by atomic mass is 10.4. The number of ether oxygens (including phenoxy) is 1. The Morgan fingerprint density at radius 3 is 2.00 bits per heavy atom. The molecule has 17 heavy (non-hydrogen) atoms. The number of esters is 1. The lowest BCUT2D eigenvalue weighted by molar-refractivity contribution is -0.870. The molecule has 0 bridgehead atoms. The number of quaternary nitrogens is 1. The average Bonchev–Trinajstić information content (AvgIpc) is 1.97. The summed E-state index contributed by atoms with van der Waals surface area (Å²) in [5.41, 5.74) is 0.455. The van der Waals surface area contributed by atoms with E-state index in [0.717, 1.165) is 11.0 Å². The monoisotopic (exact) mass is 269 g/mol. The molecule has 0 saturated carbocycles. The fourth-order valence-corrected chi connectivity index (χ4v) is 0.535. The zero-order valence-corrected chi connectivity index (χ0v) is 11.3. The predicted octanol–water partition coefficient (Wildman–Crippen LogP) is -0.183. The molecule has 0 aromatic carbocycles. The number of rotatable bonds is 4. The van der Waals surface area contributed by atoms with Gasteiger partial charge in [0.25, 0.3) is 0 Å². The van der Waals surface area contributed by atoms with E-state index in [1.165, 1.54) is 0 Å². The predicted molar refractivity (Wildman–Crippen MR) is 61.0 cm³/mol.